The third-order valence-electron chi connectivity index (χ3n) is 2.17. The number of halogens is 1. The molecule has 4 heteroatoms. The van der Waals surface area contributed by atoms with Crippen LogP contribution in [0.1, 0.15) is 6.42 Å². The second-order valence-electron chi connectivity index (χ2n) is 3.43. The van der Waals surface area contributed by atoms with E-state index in [9.17, 15) is 9.18 Å². The zero-order valence-electron chi connectivity index (χ0n) is 9.03. The average molecular weight is 222 g/mol. The van der Waals surface area contributed by atoms with Crippen molar-refractivity contribution in [1.82, 2.24) is 0 Å². The molecule has 0 radical (unpaired) electrons. The number of anilines is 1. The molecular weight excluding hydrogens is 207 g/mol. The Morgan fingerprint density at radius 2 is 2.06 bits per heavy atom. The Kier molecular flexibility index (Phi) is 4.51. The highest BCUT2D eigenvalue weighted by molar-refractivity contribution is 5.74. The molecule has 0 aliphatic carbocycles. The second-order valence-corrected chi connectivity index (χ2v) is 3.43. The van der Waals surface area contributed by atoms with Crippen LogP contribution in [0, 0.1) is 5.82 Å². The summed E-state index contributed by atoms with van der Waals surface area (Å²) in [6.07, 6.45) is 2.00. The van der Waals surface area contributed by atoms with Crippen LogP contribution >= 0.6 is 0 Å². The summed E-state index contributed by atoms with van der Waals surface area (Å²) in [5.41, 5.74) is 5.94. The minimum absolute atomic E-state index is 0.269. The average Bonchev–Trinajstić information content (AvgIpc) is 2.25. The van der Waals surface area contributed by atoms with Crippen molar-refractivity contribution in [2.75, 3.05) is 18.0 Å². The monoisotopic (exact) mass is 222 g/mol. The SMILES string of the molecule is C=CCN(CCC(N)=O)c1ccc(F)cc1. The van der Waals surface area contributed by atoms with E-state index in [1.165, 1.54) is 12.1 Å². The highest BCUT2D eigenvalue weighted by Gasteiger charge is 2.06. The Hall–Kier alpha value is -1.84. The second kappa shape index (κ2) is 5.90. The van der Waals surface area contributed by atoms with Gasteiger partial charge < -0.3 is 10.6 Å². The molecule has 0 spiro atoms. The van der Waals surface area contributed by atoms with Gasteiger partial charge in [-0.1, -0.05) is 6.08 Å². The summed E-state index contributed by atoms with van der Waals surface area (Å²) in [4.78, 5) is 12.6. The lowest BCUT2D eigenvalue weighted by Gasteiger charge is -2.22. The quantitative estimate of drug-likeness (QED) is 0.744. The van der Waals surface area contributed by atoms with Gasteiger partial charge in [0.25, 0.3) is 0 Å². The van der Waals surface area contributed by atoms with Gasteiger partial charge in [0.1, 0.15) is 5.82 Å². The summed E-state index contributed by atoms with van der Waals surface area (Å²) in [5, 5.41) is 0. The molecule has 0 aliphatic heterocycles. The van der Waals surface area contributed by atoms with Crippen molar-refractivity contribution in [2.45, 2.75) is 6.42 Å². The number of hydrogen-bond acceptors (Lipinski definition) is 2. The predicted molar refractivity (Wildman–Crippen MR) is 62.6 cm³/mol. The number of carbonyl (C=O) groups excluding carboxylic acids is 1. The first-order valence-electron chi connectivity index (χ1n) is 5.03. The third kappa shape index (κ3) is 3.73. The Bertz CT molecular complexity index is 362. The van der Waals surface area contributed by atoms with Crippen LogP contribution in [0.3, 0.4) is 0 Å². The molecule has 1 aromatic rings. The van der Waals surface area contributed by atoms with E-state index in [0.717, 1.165) is 5.69 Å². The van der Waals surface area contributed by atoms with E-state index in [-0.39, 0.29) is 18.1 Å². The third-order valence-corrected chi connectivity index (χ3v) is 2.17. The van der Waals surface area contributed by atoms with Crippen LogP contribution < -0.4 is 10.6 Å². The molecule has 1 amide bonds. The number of nitrogens with zero attached hydrogens (tertiary/aromatic N) is 1. The number of nitrogens with two attached hydrogens (primary N) is 1. The molecule has 1 aromatic carbocycles. The molecule has 16 heavy (non-hydrogen) atoms. The van der Waals surface area contributed by atoms with Gasteiger partial charge >= 0.3 is 0 Å². The first-order chi connectivity index (χ1) is 7.63. The normalized spacial score (nSPS) is 9.81. The van der Waals surface area contributed by atoms with Gasteiger partial charge in [0.15, 0.2) is 0 Å². The fourth-order valence-corrected chi connectivity index (χ4v) is 1.38. The number of benzene rings is 1. The zero-order chi connectivity index (χ0) is 12.0. The summed E-state index contributed by atoms with van der Waals surface area (Å²) in [5.74, 6) is -0.631. The van der Waals surface area contributed by atoms with Gasteiger partial charge in [0.05, 0.1) is 0 Å². The van der Waals surface area contributed by atoms with Gasteiger partial charge in [-0.2, -0.15) is 0 Å². The molecule has 2 N–H and O–H groups in total. The van der Waals surface area contributed by atoms with Crippen molar-refractivity contribution in [3.8, 4) is 0 Å². The first-order valence-corrected chi connectivity index (χ1v) is 5.03. The van der Waals surface area contributed by atoms with Crippen LogP contribution in [0.4, 0.5) is 10.1 Å². The summed E-state index contributed by atoms with van der Waals surface area (Å²) < 4.78 is 12.7. The van der Waals surface area contributed by atoms with Crippen molar-refractivity contribution in [3.05, 3.63) is 42.7 Å². The number of amides is 1. The molecule has 0 heterocycles. The molecular formula is C12H15FN2O. The van der Waals surface area contributed by atoms with Crippen LogP contribution in [0.5, 0.6) is 0 Å². The van der Waals surface area contributed by atoms with Gasteiger partial charge in [-0.15, -0.1) is 6.58 Å². The molecule has 0 saturated heterocycles. The number of primary amides is 1. The number of rotatable bonds is 6. The van der Waals surface area contributed by atoms with Crippen molar-refractivity contribution >= 4 is 11.6 Å². The molecule has 0 saturated carbocycles. The van der Waals surface area contributed by atoms with Gasteiger partial charge in [-0.3, -0.25) is 4.79 Å². The zero-order valence-corrected chi connectivity index (χ0v) is 9.03. The van der Waals surface area contributed by atoms with Crippen LogP contribution in [0.25, 0.3) is 0 Å². The fraction of sp³-hybridized carbons (Fsp3) is 0.250. The minimum Gasteiger partial charge on any atom is -0.370 e. The highest BCUT2D eigenvalue weighted by atomic mass is 19.1. The Balaban J connectivity index is 2.72. The molecule has 86 valence electrons. The smallest absolute Gasteiger partial charge is 0.219 e. The summed E-state index contributed by atoms with van der Waals surface area (Å²) in [7, 11) is 0. The Labute approximate surface area is 94.4 Å². The van der Waals surface area contributed by atoms with Crippen molar-refractivity contribution in [2.24, 2.45) is 5.73 Å². The van der Waals surface area contributed by atoms with Crippen LogP contribution in [0.15, 0.2) is 36.9 Å². The van der Waals surface area contributed by atoms with Crippen LogP contribution in [0.2, 0.25) is 0 Å². The molecule has 0 aliphatic rings. The maximum absolute atomic E-state index is 12.7. The molecule has 1 rings (SSSR count). The van der Waals surface area contributed by atoms with Crippen molar-refractivity contribution < 1.29 is 9.18 Å². The largest absolute Gasteiger partial charge is 0.370 e. The van der Waals surface area contributed by atoms with E-state index in [1.807, 2.05) is 4.90 Å². The summed E-state index contributed by atoms with van der Waals surface area (Å²) >= 11 is 0. The van der Waals surface area contributed by atoms with E-state index in [0.29, 0.717) is 13.1 Å². The lowest BCUT2D eigenvalue weighted by atomic mass is 10.2. The fourth-order valence-electron chi connectivity index (χ4n) is 1.38. The molecule has 0 bridgehead atoms. The van der Waals surface area contributed by atoms with Gasteiger partial charge in [0, 0.05) is 25.2 Å². The summed E-state index contributed by atoms with van der Waals surface area (Å²) in [6, 6.07) is 6.10. The van der Waals surface area contributed by atoms with Crippen molar-refractivity contribution in [3.63, 3.8) is 0 Å². The highest BCUT2D eigenvalue weighted by Crippen LogP contribution is 2.14. The molecule has 0 unspecified atom stereocenters. The maximum atomic E-state index is 12.7. The lowest BCUT2D eigenvalue weighted by Crippen LogP contribution is -2.28. The summed E-state index contributed by atoms with van der Waals surface area (Å²) in [6.45, 7) is 4.74. The van der Waals surface area contributed by atoms with E-state index in [2.05, 4.69) is 6.58 Å². The molecule has 0 atom stereocenters. The predicted octanol–water partition coefficient (Wildman–Crippen LogP) is 1.69. The molecule has 0 aromatic heterocycles. The van der Waals surface area contributed by atoms with Gasteiger partial charge in [0.2, 0.25) is 5.91 Å². The van der Waals surface area contributed by atoms with E-state index >= 15 is 0 Å². The Morgan fingerprint density at radius 1 is 1.44 bits per heavy atom. The van der Waals surface area contributed by atoms with Gasteiger partial charge in [-0.05, 0) is 24.3 Å². The van der Waals surface area contributed by atoms with Crippen LogP contribution in [-0.2, 0) is 4.79 Å². The molecule has 3 nitrogen and oxygen atoms in total. The standard InChI is InChI=1S/C12H15FN2O/c1-2-8-15(9-7-12(14)16)11-5-3-10(13)4-6-11/h2-6H,1,7-9H2,(H2,14,16). The molecule has 0 fully saturated rings. The number of carbonyl (C=O) groups is 1. The minimum atomic E-state index is -0.351. The van der Waals surface area contributed by atoms with E-state index in [1.54, 1.807) is 18.2 Å². The number of hydrogen-bond donors (Lipinski definition) is 1. The van der Waals surface area contributed by atoms with E-state index in [4.69, 9.17) is 5.73 Å². The first kappa shape index (κ1) is 12.2. The topological polar surface area (TPSA) is 46.3 Å². The maximum Gasteiger partial charge on any atom is 0.219 e. The van der Waals surface area contributed by atoms with Gasteiger partial charge in [-0.25, -0.2) is 4.39 Å². The lowest BCUT2D eigenvalue weighted by molar-refractivity contribution is -0.117. The van der Waals surface area contributed by atoms with Crippen molar-refractivity contribution in [1.29, 1.82) is 0 Å². The Morgan fingerprint density at radius 3 is 2.56 bits per heavy atom. The van der Waals surface area contributed by atoms with Crippen LogP contribution in [-0.4, -0.2) is 19.0 Å². The van der Waals surface area contributed by atoms with E-state index < -0.39 is 0 Å².